The standard InChI is InChI=1S/C5H8N2O4S2/c1-2-3-7-5(9)11-13-12-10-4(6)8/h2H,1,3H2,(H2,6,8)(H,7,9). The third-order valence-corrected chi connectivity index (χ3v) is 1.73. The summed E-state index contributed by atoms with van der Waals surface area (Å²) in [7, 11) is 0. The molecule has 0 rings (SSSR count). The Labute approximate surface area is 83.0 Å². The van der Waals surface area contributed by atoms with Crippen molar-refractivity contribution in [1.82, 2.24) is 5.32 Å². The molecular formula is C5H8N2O4S2. The summed E-state index contributed by atoms with van der Waals surface area (Å²) in [4.78, 5) is 20.7. The fourth-order valence-electron chi connectivity index (χ4n) is 0.277. The highest BCUT2D eigenvalue weighted by molar-refractivity contribution is 8.73. The molecule has 0 aromatic rings. The van der Waals surface area contributed by atoms with Crippen molar-refractivity contribution in [3.05, 3.63) is 12.7 Å². The fraction of sp³-hybridized carbons (Fsp3) is 0.200. The van der Waals surface area contributed by atoms with Gasteiger partial charge in [-0.2, -0.15) is 0 Å². The predicted molar refractivity (Wildman–Crippen MR) is 50.5 cm³/mol. The molecule has 0 saturated heterocycles. The van der Waals surface area contributed by atoms with Gasteiger partial charge in [-0.25, -0.2) is 9.59 Å². The number of hydrogen-bond acceptors (Lipinski definition) is 6. The second-order valence-corrected chi connectivity index (χ2v) is 3.00. The van der Waals surface area contributed by atoms with Crippen LogP contribution < -0.4 is 11.1 Å². The summed E-state index contributed by atoms with van der Waals surface area (Å²) in [6.07, 6.45) is -0.100. The highest BCUT2D eigenvalue weighted by Crippen LogP contribution is 2.22. The van der Waals surface area contributed by atoms with Gasteiger partial charge in [0.15, 0.2) is 22.1 Å². The number of rotatable bonds is 5. The van der Waals surface area contributed by atoms with Crippen LogP contribution in [0.5, 0.6) is 0 Å². The summed E-state index contributed by atoms with van der Waals surface area (Å²) in [5, 5.41) is 2.34. The lowest BCUT2D eigenvalue weighted by atomic mass is 10.6. The summed E-state index contributed by atoms with van der Waals surface area (Å²) in [6, 6.07) is 0. The number of carbonyl (C=O) groups is 2. The average molecular weight is 224 g/mol. The van der Waals surface area contributed by atoms with Gasteiger partial charge in [0.25, 0.3) is 0 Å². The molecular weight excluding hydrogens is 216 g/mol. The molecule has 0 heterocycles. The minimum absolute atomic E-state index is 0.306. The lowest BCUT2D eigenvalue weighted by molar-refractivity contribution is 0.209. The fourth-order valence-corrected chi connectivity index (χ4v) is 1.07. The summed E-state index contributed by atoms with van der Waals surface area (Å²) in [6.45, 7) is 3.69. The largest absolute Gasteiger partial charge is 0.420 e. The molecule has 0 aliphatic heterocycles. The SMILES string of the molecule is C=CCNC(=O)OSSOC(N)=O. The van der Waals surface area contributed by atoms with Gasteiger partial charge in [-0.1, -0.05) is 6.08 Å². The summed E-state index contributed by atoms with van der Waals surface area (Å²) < 4.78 is 8.63. The van der Waals surface area contributed by atoms with Crippen LogP contribution >= 0.6 is 22.1 Å². The molecule has 0 aliphatic carbocycles. The van der Waals surface area contributed by atoms with Crippen LogP contribution in [-0.4, -0.2) is 18.7 Å². The van der Waals surface area contributed by atoms with E-state index in [1.165, 1.54) is 6.08 Å². The topological polar surface area (TPSA) is 90.7 Å². The van der Waals surface area contributed by atoms with E-state index in [0.717, 1.165) is 0 Å². The van der Waals surface area contributed by atoms with Crippen LogP contribution in [0.25, 0.3) is 0 Å². The van der Waals surface area contributed by atoms with Crippen molar-refractivity contribution in [2.24, 2.45) is 5.73 Å². The molecule has 0 unspecified atom stereocenters. The number of nitrogens with two attached hydrogens (primary N) is 1. The molecule has 0 aliphatic rings. The highest BCUT2D eigenvalue weighted by atomic mass is 33.1. The quantitative estimate of drug-likeness (QED) is 0.315. The van der Waals surface area contributed by atoms with Crippen LogP contribution in [0.3, 0.4) is 0 Å². The number of amides is 2. The van der Waals surface area contributed by atoms with Gasteiger partial charge in [-0.05, 0) is 0 Å². The molecule has 13 heavy (non-hydrogen) atoms. The van der Waals surface area contributed by atoms with Crippen LogP contribution in [0.4, 0.5) is 9.59 Å². The van der Waals surface area contributed by atoms with Crippen molar-refractivity contribution in [2.75, 3.05) is 6.54 Å². The number of primary amides is 1. The van der Waals surface area contributed by atoms with E-state index in [0.29, 0.717) is 28.7 Å². The Bertz CT molecular complexity index is 199. The summed E-state index contributed by atoms with van der Waals surface area (Å²) in [5.41, 5.74) is 4.62. The molecule has 0 spiro atoms. The molecule has 0 radical (unpaired) electrons. The van der Waals surface area contributed by atoms with Gasteiger partial charge >= 0.3 is 12.2 Å². The van der Waals surface area contributed by atoms with E-state index in [4.69, 9.17) is 0 Å². The zero-order valence-corrected chi connectivity index (χ0v) is 8.15. The van der Waals surface area contributed by atoms with Gasteiger partial charge in [0.1, 0.15) is 0 Å². The Morgan fingerprint density at radius 2 is 2.08 bits per heavy atom. The van der Waals surface area contributed by atoms with E-state index < -0.39 is 12.2 Å². The molecule has 0 fully saturated rings. The van der Waals surface area contributed by atoms with E-state index >= 15 is 0 Å². The Kier molecular flexibility index (Phi) is 7.02. The van der Waals surface area contributed by atoms with Gasteiger partial charge in [0.2, 0.25) is 0 Å². The number of carbonyl (C=O) groups excluding carboxylic acids is 2. The van der Waals surface area contributed by atoms with Gasteiger partial charge in [-0.3, -0.25) is 0 Å². The smallest absolute Gasteiger partial charge is 0.360 e. The molecule has 8 heteroatoms. The van der Waals surface area contributed by atoms with Crippen molar-refractivity contribution in [2.45, 2.75) is 0 Å². The van der Waals surface area contributed by atoms with Crippen molar-refractivity contribution < 1.29 is 18.0 Å². The Balaban J connectivity index is 3.26. The molecule has 2 amide bonds. The van der Waals surface area contributed by atoms with Crippen molar-refractivity contribution in [3.8, 4) is 0 Å². The number of hydrogen-bond donors (Lipinski definition) is 2. The first-order valence-electron chi connectivity index (χ1n) is 3.03. The average Bonchev–Trinajstić information content (AvgIpc) is 2.08. The zero-order chi connectivity index (χ0) is 10.1. The highest BCUT2D eigenvalue weighted by Gasteiger charge is 2.03. The third kappa shape index (κ3) is 8.89. The second kappa shape index (κ2) is 7.62. The predicted octanol–water partition coefficient (Wildman–Crippen LogP) is 1.21. The van der Waals surface area contributed by atoms with E-state index in [2.05, 4.69) is 26.0 Å². The van der Waals surface area contributed by atoms with Crippen LogP contribution in [0.2, 0.25) is 0 Å². The first kappa shape index (κ1) is 12.0. The van der Waals surface area contributed by atoms with Crippen LogP contribution in [0.15, 0.2) is 12.7 Å². The minimum atomic E-state index is -0.951. The van der Waals surface area contributed by atoms with Crippen LogP contribution in [0.1, 0.15) is 0 Å². The molecule has 74 valence electrons. The van der Waals surface area contributed by atoms with Crippen LogP contribution in [-0.2, 0) is 8.37 Å². The lowest BCUT2D eigenvalue weighted by Crippen LogP contribution is -2.21. The third-order valence-electron chi connectivity index (χ3n) is 0.644. The maximum absolute atomic E-state index is 10.7. The van der Waals surface area contributed by atoms with Gasteiger partial charge in [-0.15, -0.1) is 6.58 Å². The lowest BCUT2D eigenvalue weighted by Gasteiger charge is -2.00. The normalized spacial score (nSPS) is 8.62. The molecule has 0 atom stereocenters. The van der Waals surface area contributed by atoms with Crippen molar-refractivity contribution in [3.63, 3.8) is 0 Å². The van der Waals surface area contributed by atoms with E-state index in [-0.39, 0.29) is 0 Å². The van der Waals surface area contributed by atoms with Gasteiger partial charge < -0.3 is 19.4 Å². The second-order valence-electron chi connectivity index (χ2n) is 1.58. The summed E-state index contributed by atoms with van der Waals surface area (Å²) >= 11 is 1.14. The van der Waals surface area contributed by atoms with E-state index in [1.54, 1.807) is 0 Å². The first-order valence-corrected chi connectivity index (χ1v) is 5.03. The summed E-state index contributed by atoms with van der Waals surface area (Å²) in [5.74, 6) is 0. The number of nitrogens with one attached hydrogen (secondary N) is 1. The maximum atomic E-state index is 10.7. The Hall–Kier alpha value is -1.02. The van der Waals surface area contributed by atoms with Crippen molar-refractivity contribution >= 4 is 34.3 Å². The van der Waals surface area contributed by atoms with Crippen molar-refractivity contribution in [1.29, 1.82) is 0 Å². The molecule has 3 N–H and O–H groups in total. The Morgan fingerprint density at radius 3 is 2.62 bits per heavy atom. The minimum Gasteiger partial charge on any atom is -0.360 e. The van der Waals surface area contributed by atoms with E-state index in [1.807, 2.05) is 0 Å². The van der Waals surface area contributed by atoms with E-state index in [9.17, 15) is 9.59 Å². The Morgan fingerprint density at radius 1 is 1.46 bits per heavy atom. The molecule has 0 aromatic heterocycles. The first-order chi connectivity index (χ1) is 6.16. The van der Waals surface area contributed by atoms with Crippen LogP contribution in [0, 0.1) is 0 Å². The molecule has 0 aromatic carbocycles. The maximum Gasteiger partial charge on any atom is 0.420 e. The molecule has 0 saturated carbocycles. The van der Waals surface area contributed by atoms with Gasteiger partial charge in [0.05, 0.1) is 0 Å². The van der Waals surface area contributed by atoms with Gasteiger partial charge in [0, 0.05) is 6.54 Å². The monoisotopic (exact) mass is 224 g/mol. The molecule has 0 bridgehead atoms. The zero-order valence-electron chi connectivity index (χ0n) is 6.52. The molecule has 6 nitrogen and oxygen atoms in total.